The summed E-state index contributed by atoms with van der Waals surface area (Å²) in [5, 5.41) is 15.5. The normalized spacial score (nSPS) is 18.1. The molecule has 0 saturated heterocycles. The Hall–Kier alpha value is -2.64. The maximum absolute atomic E-state index is 12.3. The van der Waals surface area contributed by atoms with Gasteiger partial charge in [0.25, 0.3) is 5.91 Å². The number of amides is 1. The summed E-state index contributed by atoms with van der Waals surface area (Å²) in [6, 6.07) is -0.904. The Morgan fingerprint density at radius 2 is 2.32 bits per heavy atom. The molecule has 2 aromatic heterocycles. The average Bonchev–Trinajstić information content (AvgIpc) is 3.06. The quantitative estimate of drug-likeness (QED) is 0.691. The molecular formula is C11H11N5O3. The molecule has 3 N–H and O–H groups in total. The van der Waals surface area contributed by atoms with E-state index in [0.29, 0.717) is 11.3 Å². The maximum atomic E-state index is 12.3. The van der Waals surface area contributed by atoms with Crippen molar-refractivity contribution in [2.45, 2.75) is 19.0 Å². The number of fused-ring (bicyclic) bond motifs is 1. The predicted molar refractivity (Wildman–Crippen MR) is 62.2 cm³/mol. The summed E-state index contributed by atoms with van der Waals surface area (Å²) in [5.41, 5.74) is 1.81. The number of rotatable bonds is 2. The molecule has 1 aliphatic heterocycles. The van der Waals surface area contributed by atoms with E-state index in [1.807, 2.05) is 0 Å². The summed E-state index contributed by atoms with van der Waals surface area (Å²) >= 11 is 0. The number of carboxylic acids is 1. The SMILES string of the molecule is O=C(O)C1Cc2nc[nH]c2CN1C(=O)c1cn[nH]c1. The number of nitrogens with one attached hydrogen (secondary N) is 2. The second kappa shape index (κ2) is 4.23. The van der Waals surface area contributed by atoms with Gasteiger partial charge in [-0.3, -0.25) is 9.89 Å². The van der Waals surface area contributed by atoms with Crippen LogP contribution in [0.25, 0.3) is 0 Å². The van der Waals surface area contributed by atoms with E-state index in [1.54, 1.807) is 0 Å². The highest BCUT2D eigenvalue weighted by Crippen LogP contribution is 2.22. The van der Waals surface area contributed by atoms with Gasteiger partial charge >= 0.3 is 5.97 Å². The number of hydrogen-bond acceptors (Lipinski definition) is 4. The number of carbonyl (C=O) groups is 2. The summed E-state index contributed by atoms with van der Waals surface area (Å²) in [5.74, 6) is -1.40. The first kappa shape index (κ1) is 11.5. The highest BCUT2D eigenvalue weighted by atomic mass is 16.4. The zero-order chi connectivity index (χ0) is 13.4. The number of carboxylic acid groups (broad SMARTS) is 1. The van der Waals surface area contributed by atoms with Crippen molar-refractivity contribution >= 4 is 11.9 Å². The lowest BCUT2D eigenvalue weighted by Crippen LogP contribution is -2.48. The van der Waals surface area contributed by atoms with Gasteiger partial charge in [-0.25, -0.2) is 9.78 Å². The molecule has 0 radical (unpaired) electrons. The molecule has 0 fully saturated rings. The third-order valence-electron chi connectivity index (χ3n) is 3.19. The Labute approximate surface area is 107 Å². The molecule has 0 saturated carbocycles. The van der Waals surface area contributed by atoms with Crippen molar-refractivity contribution in [3.63, 3.8) is 0 Å². The number of carbonyl (C=O) groups excluding carboxylic acids is 1. The first-order chi connectivity index (χ1) is 9.16. The van der Waals surface area contributed by atoms with E-state index in [2.05, 4.69) is 20.2 Å². The Kier molecular flexibility index (Phi) is 2.55. The zero-order valence-corrected chi connectivity index (χ0v) is 9.83. The van der Waals surface area contributed by atoms with Crippen LogP contribution < -0.4 is 0 Å². The van der Waals surface area contributed by atoms with Crippen molar-refractivity contribution in [2.75, 3.05) is 0 Å². The van der Waals surface area contributed by atoms with Crippen LogP contribution in [0.5, 0.6) is 0 Å². The van der Waals surface area contributed by atoms with E-state index < -0.39 is 12.0 Å². The molecule has 1 atom stereocenters. The van der Waals surface area contributed by atoms with Crippen LogP contribution in [0.15, 0.2) is 18.7 Å². The van der Waals surface area contributed by atoms with Gasteiger partial charge in [-0.15, -0.1) is 0 Å². The largest absolute Gasteiger partial charge is 0.480 e. The summed E-state index contributed by atoms with van der Waals surface area (Å²) in [6.45, 7) is 0.205. The second-order valence-corrected chi connectivity index (χ2v) is 4.31. The standard InChI is InChI=1S/C11H11N5O3/c17-10(6-2-14-15-3-6)16-4-8-7(12-5-13-8)1-9(16)11(18)19/h2-3,5,9H,1,4H2,(H,12,13)(H,14,15)(H,18,19). The zero-order valence-electron chi connectivity index (χ0n) is 9.83. The van der Waals surface area contributed by atoms with Crippen LogP contribution >= 0.6 is 0 Å². The van der Waals surface area contributed by atoms with Crippen molar-refractivity contribution in [1.82, 2.24) is 25.1 Å². The predicted octanol–water partition coefficient (Wildman–Crippen LogP) is -0.216. The first-order valence-electron chi connectivity index (χ1n) is 5.70. The summed E-state index contributed by atoms with van der Waals surface area (Å²) < 4.78 is 0. The summed E-state index contributed by atoms with van der Waals surface area (Å²) in [6.07, 6.45) is 4.54. The van der Waals surface area contributed by atoms with Gasteiger partial charge in [0.2, 0.25) is 0 Å². The van der Waals surface area contributed by atoms with E-state index in [4.69, 9.17) is 0 Å². The van der Waals surface area contributed by atoms with Gasteiger partial charge in [-0.1, -0.05) is 0 Å². The summed E-state index contributed by atoms with van der Waals surface area (Å²) in [4.78, 5) is 31.9. The third-order valence-corrected chi connectivity index (χ3v) is 3.19. The molecule has 0 spiro atoms. The molecule has 19 heavy (non-hydrogen) atoms. The fourth-order valence-electron chi connectivity index (χ4n) is 2.20. The van der Waals surface area contributed by atoms with E-state index in [1.165, 1.54) is 23.6 Å². The number of imidazole rings is 1. The summed E-state index contributed by atoms with van der Waals surface area (Å²) in [7, 11) is 0. The van der Waals surface area contributed by atoms with Crippen LogP contribution in [0.3, 0.4) is 0 Å². The average molecular weight is 261 g/mol. The molecule has 2 aromatic rings. The van der Waals surface area contributed by atoms with Gasteiger partial charge in [0.1, 0.15) is 6.04 Å². The van der Waals surface area contributed by atoms with E-state index in [9.17, 15) is 14.7 Å². The molecule has 0 bridgehead atoms. The lowest BCUT2D eigenvalue weighted by atomic mass is 10.0. The molecule has 3 heterocycles. The molecule has 8 nitrogen and oxygen atoms in total. The van der Waals surface area contributed by atoms with E-state index in [0.717, 1.165) is 5.69 Å². The monoisotopic (exact) mass is 261 g/mol. The number of hydrogen-bond donors (Lipinski definition) is 3. The highest BCUT2D eigenvalue weighted by molar-refractivity contribution is 5.96. The minimum Gasteiger partial charge on any atom is -0.480 e. The Balaban J connectivity index is 1.95. The molecule has 1 amide bonds. The Bertz CT molecular complexity index is 618. The van der Waals surface area contributed by atoms with E-state index >= 15 is 0 Å². The van der Waals surface area contributed by atoms with Gasteiger partial charge < -0.3 is 15.0 Å². The van der Waals surface area contributed by atoms with Crippen molar-refractivity contribution in [1.29, 1.82) is 0 Å². The fraction of sp³-hybridized carbons (Fsp3) is 0.273. The second-order valence-electron chi connectivity index (χ2n) is 4.31. The lowest BCUT2D eigenvalue weighted by Gasteiger charge is -2.31. The minimum atomic E-state index is -1.04. The van der Waals surface area contributed by atoms with Crippen molar-refractivity contribution < 1.29 is 14.7 Å². The Morgan fingerprint density at radius 1 is 1.47 bits per heavy atom. The van der Waals surface area contributed by atoms with Gasteiger partial charge in [0.05, 0.1) is 36.0 Å². The van der Waals surface area contributed by atoms with Gasteiger partial charge in [-0.05, 0) is 0 Å². The van der Waals surface area contributed by atoms with Gasteiger partial charge in [-0.2, -0.15) is 5.10 Å². The molecule has 0 aliphatic carbocycles. The first-order valence-corrected chi connectivity index (χ1v) is 5.70. The third kappa shape index (κ3) is 1.86. The van der Waals surface area contributed by atoms with Crippen LogP contribution in [0.1, 0.15) is 21.7 Å². The smallest absolute Gasteiger partial charge is 0.326 e. The van der Waals surface area contributed by atoms with Crippen LogP contribution in [0.2, 0.25) is 0 Å². The number of aromatic amines is 2. The van der Waals surface area contributed by atoms with Crippen LogP contribution in [-0.2, 0) is 17.8 Å². The lowest BCUT2D eigenvalue weighted by molar-refractivity contribution is -0.142. The molecule has 8 heteroatoms. The molecule has 3 rings (SSSR count). The van der Waals surface area contributed by atoms with Gasteiger partial charge in [0, 0.05) is 12.6 Å². The molecule has 0 aromatic carbocycles. The number of nitrogens with zero attached hydrogens (tertiary/aromatic N) is 3. The van der Waals surface area contributed by atoms with Crippen molar-refractivity contribution in [2.24, 2.45) is 0 Å². The fourth-order valence-corrected chi connectivity index (χ4v) is 2.20. The highest BCUT2D eigenvalue weighted by Gasteiger charge is 2.36. The van der Waals surface area contributed by atoms with E-state index in [-0.39, 0.29) is 18.9 Å². The number of aliphatic carboxylic acids is 1. The van der Waals surface area contributed by atoms with Gasteiger partial charge in [0.15, 0.2) is 0 Å². The number of H-pyrrole nitrogens is 2. The minimum absolute atomic E-state index is 0.205. The maximum Gasteiger partial charge on any atom is 0.326 e. The van der Waals surface area contributed by atoms with Crippen molar-refractivity contribution in [3.8, 4) is 0 Å². The molecule has 1 aliphatic rings. The number of aromatic nitrogens is 4. The molecular weight excluding hydrogens is 250 g/mol. The van der Waals surface area contributed by atoms with Crippen LogP contribution in [-0.4, -0.2) is 48.1 Å². The molecule has 98 valence electrons. The van der Waals surface area contributed by atoms with Crippen molar-refractivity contribution in [3.05, 3.63) is 35.7 Å². The topological polar surface area (TPSA) is 115 Å². The van der Waals surface area contributed by atoms with Crippen LogP contribution in [0, 0.1) is 0 Å². The van der Waals surface area contributed by atoms with Crippen LogP contribution in [0.4, 0.5) is 0 Å². The molecule has 1 unspecified atom stereocenters. The Morgan fingerprint density at radius 3 is 3.00 bits per heavy atom.